The number of nitrogens with one attached hydrogen (secondary N) is 2. The lowest BCUT2D eigenvalue weighted by Gasteiger charge is -2.19. The second kappa shape index (κ2) is 6.67. The molecule has 0 aromatic heterocycles. The topological polar surface area (TPSA) is 53.6 Å². The third-order valence-corrected chi connectivity index (χ3v) is 4.54. The molecule has 1 heterocycles. The van der Waals surface area contributed by atoms with Crippen LogP contribution in [-0.4, -0.2) is 42.7 Å². The normalized spacial score (nSPS) is 25.2. The molecule has 5 heteroatoms. The lowest BCUT2D eigenvalue weighted by Crippen LogP contribution is -2.40. The summed E-state index contributed by atoms with van der Waals surface area (Å²) in [4.78, 5) is 14.8. The number of ether oxygens (including phenoxy) is 1. The van der Waals surface area contributed by atoms with E-state index in [1.807, 2.05) is 24.3 Å². The van der Waals surface area contributed by atoms with Crippen LogP contribution in [0.3, 0.4) is 0 Å². The summed E-state index contributed by atoms with van der Waals surface area (Å²) >= 11 is 0. The zero-order chi connectivity index (χ0) is 15.5. The number of carbonyl (C=O) groups excluding carboxylic acids is 1. The van der Waals surface area contributed by atoms with Crippen LogP contribution in [-0.2, 0) is 11.3 Å². The number of likely N-dealkylation sites (tertiary alicyclic amines) is 1. The Hall–Kier alpha value is -1.59. The van der Waals surface area contributed by atoms with Crippen LogP contribution in [0.25, 0.3) is 0 Å². The van der Waals surface area contributed by atoms with Gasteiger partial charge < -0.3 is 15.4 Å². The number of para-hydroxylation sites is 1. The molecule has 22 heavy (non-hydrogen) atoms. The largest absolute Gasteiger partial charge is 0.380 e. The van der Waals surface area contributed by atoms with Crippen molar-refractivity contribution >= 4 is 11.7 Å². The molecule has 0 radical (unpaired) electrons. The van der Waals surface area contributed by atoms with Gasteiger partial charge in [0.05, 0.1) is 6.61 Å². The van der Waals surface area contributed by atoms with Crippen molar-refractivity contribution in [2.24, 2.45) is 0 Å². The highest BCUT2D eigenvalue weighted by Crippen LogP contribution is 2.33. The summed E-state index contributed by atoms with van der Waals surface area (Å²) in [5.74, 6) is 0. The number of carbonyl (C=O) groups is 1. The molecule has 5 nitrogen and oxygen atoms in total. The molecular weight excluding hydrogens is 278 g/mol. The van der Waals surface area contributed by atoms with E-state index in [2.05, 4.69) is 22.5 Å². The standard InChI is InChI=1S/C17H25N3O2/c1-12-9-14(10-20(12)15-7-8-15)18-17(21)19-16-6-4-3-5-13(16)11-22-2/h3-6,12,14-15H,7-11H2,1-2H3,(H2,18,19,21)/t12-,14-/m0/s1. The molecule has 1 saturated carbocycles. The van der Waals surface area contributed by atoms with Crippen LogP contribution in [0.1, 0.15) is 31.7 Å². The van der Waals surface area contributed by atoms with E-state index in [1.54, 1.807) is 7.11 Å². The number of anilines is 1. The Balaban J connectivity index is 1.54. The van der Waals surface area contributed by atoms with Crippen LogP contribution >= 0.6 is 0 Å². The number of methoxy groups -OCH3 is 1. The summed E-state index contributed by atoms with van der Waals surface area (Å²) in [5, 5.41) is 6.06. The Bertz CT molecular complexity index is 530. The van der Waals surface area contributed by atoms with Crippen LogP contribution in [0, 0.1) is 0 Å². The second-order valence-electron chi connectivity index (χ2n) is 6.40. The van der Waals surface area contributed by atoms with Crippen molar-refractivity contribution in [1.29, 1.82) is 0 Å². The van der Waals surface area contributed by atoms with Gasteiger partial charge in [-0.05, 0) is 32.3 Å². The lowest BCUT2D eigenvalue weighted by atomic mass is 10.2. The number of amides is 2. The average molecular weight is 303 g/mol. The van der Waals surface area contributed by atoms with Crippen molar-refractivity contribution in [2.45, 2.75) is 50.9 Å². The van der Waals surface area contributed by atoms with Gasteiger partial charge in [0.15, 0.2) is 0 Å². The molecule has 3 rings (SSSR count). The summed E-state index contributed by atoms with van der Waals surface area (Å²) in [6.07, 6.45) is 3.66. The van der Waals surface area contributed by atoms with Crippen molar-refractivity contribution in [1.82, 2.24) is 10.2 Å². The van der Waals surface area contributed by atoms with E-state index in [0.717, 1.165) is 30.3 Å². The fourth-order valence-corrected chi connectivity index (χ4v) is 3.34. The molecule has 1 aromatic carbocycles. The van der Waals surface area contributed by atoms with E-state index in [4.69, 9.17) is 4.74 Å². The van der Waals surface area contributed by atoms with Crippen LogP contribution in [0.4, 0.5) is 10.5 Å². The van der Waals surface area contributed by atoms with Gasteiger partial charge in [-0.1, -0.05) is 18.2 Å². The third-order valence-electron chi connectivity index (χ3n) is 4.54. The molecule has 0 spiro atoms. The minimum atomic E-state index is -0.126. The molecule has 2 aliphatic rings. The molecule has 2 atom stereocenters. The predicted octanol–water partition coefficient (Wildman–Crippen LogP) is 2.58. The van der Waals surface area contributed by atoms with E-state index < -0.39 is 0 Å². The second-order valence-corrected chi connectivity index (χ2v) is 6.40. The highest BCUT2D eigenvalue weighted by Gasteiger charge is 2.39. The van der Waals surface area contributed by atoms with Gasteiger partial charge in [-0.3, -0.25) is 4.90 Å². The number of hydrogen-bond donors (Lipinski definition) is 2. The molecule has 2 amide bonds. The van der Waals surface area contributed by atoms with Gasteiger partial charge in [0, 0.05) is 43.0 Å². The molecule has 1 aliphatic heterocycles. The van der Waals surface area contributed by atoms with Gasteiger partial charge >= 0.3 is 6.03 Å². The number of benzene rings is 1. The molecule has 2 N–H and O–H groups in total. The van der Waals surface area contributed by atoms with Gasteiger partial charge in [-0.25, -0.2) is 4.79 Å². The van der Waals surface area contributed by atoms with Gasteiger partial charge in [-0.15, -0.1) is 0 Å². The van der Waals surface area contributed by atoms with E-state index in [9.17, 15) is 4.79 Å². The molecule has 0 bridgehead atoms. The fraction of sp³-hybridized carbons (Fsp3) is 0.588. The van der Waals surface area contributed by atoms with E-state index >= 15 is 0 Å². The van der Waals surface area contributed by atoms with Crippen LogP contribution in [0.2, 0.25) is 0 Å². The third kappa shape index (κ3) is 3.59. The first-order valence-electron chi connectivity index (χ1n) is 8.07. The zero-order valence-corrected chi connectivity index (χ0v) is 13.3. The maximum Gasteiger partial charge on any atom is 0.319 e. The van der Waals surface area contributed by atoms with Crippen molar-refractivity contribution in [3.63, 3.8) is 0 Å². The predicted molar refractivity (Wildman–Crippen MR) is 86.9 cm³/mol. The Kier molecular flexibility index (Phi) is 4.64. The van der Waals surface area contributed by atoms with E-state index in [0.29, 0.717) is 12.6 Å². The monoisotopic (exact) mass is 303 g/mol. The molecule has 1 saturated heterocycles. The number of hydrogen-bond acceptors (Lipinski definition) is 3. The summed E-state index contributed by atoms with van der Waals surface area (Å²) in [7, 11) is 1.66. The first kappa shape index (κ1) is 15.3. The Labute approximate surface area is 132 Å². The maximum atomic E-state index is 12.2. The van der Waals surface area contributed by atoms with E-state index in [1.165, 1.54) is 12.8 Å². The highest BCUT2D eigenvalue weighted by atomic mass is 16.5. The quantitative estimate of drug-likeness (QED) is 0.879. The lowest BCUT2D eigenvalue weighted by molar-refractivity contribution is 0.185. The first-order valence-corrected chi connectivity index (χ1v) is 8.07. The van der Waals surface area contributed by atoms with Crippen molar-refractivity contribution < 1.29 is 9.53 Å². The summed E-state index contributed by atoms with van der Waals surface area (Å²) in [6.45, 7) is 3.72. The molecule has 120 valence electrons. The van der Waals surface area contributed by atoms with Gasteiger partial charge in [0.25, 0.3) is 0 Å². The van der Waals surface area contributed by atoms with Crippen LogP contribution in [0.15, 0.2) is 24.3 Å². The van der Waals surface area contributed by atoms with Crippen molar-refractivity contribution in [3.8, 4) is 0 Å². The molecular formula is C17H25N3O2. The Morgan fingerprint density at radius 1 is 1.36 bits per heavy atom. The fourth-order valence-electron chi connectivity index (χ4n) is 3.34. The zero-order valence-electron chi connectivity index (χ0n) is 13.3. The molecule has 1 aromatic rings. The van der Waals surface area contributed by atoms with Crippen LogP contribution in [0.5, 0.6) is 0 Å². The molecule has 1 aliphatic carbocycles. The van der Waals surface area contributed by atoms with Gasteiger partial charge in [-0.2, -0.15) is 0 Å². The first-order chi connectivity index (χ1) is 10.7. The minimum absolute atomic E-state index is 0.126. The van der Waals surface area contributed by atoms with Gasteiger partial charge in [0.2, 0.25) is 0 Å². The highest BCUT2D eigenvalue weighted by molar-refractivity contribution is 5.90. The summed E-state index contributed by atoms with van der Waals surface area (Å²) in [5.41, 5.74) is 1.80. The molecule has 2 fully saturated rings. The van der Waals surface area contributed by atoms with Crippen LogP contribution < -0.4 is 10.6 Å². The summed E-state index contributed by atoms with van der Waals surface area (Å²) in [6, 6.07) is 9.17. The van der Waals surface area contributed by atoms with Crippen molar-refractivity contribution in [2.75, 3.05) is 19.0 Å². The Morgan fingerprint density at radius 3 is 2.86 bits per heavy atom. The maximum absolute atomic E-state index is 12.2. The number of rotatable bonds is 5. The smallest absolute Gasteiger partial charge is 0.319 e. The van der Waals surface area contributed by atoms with Crippen molar-refractivity contribution in [3.05, 3.63) is 29.8 Å². The Morgan fingerprint density at radius 2 is 2.14 bits per heavy atom. The number of urea groups is 1. The SMILES string of the molecule is COCc1ccccc1NC(=O)N[C@H]1C[C@H](C)N(C2CC2)C1. The van der Waals surface area contributed by atoms with E-state index in [-0.39, 0.29) is 12.1 Å². The molecule has 0 unspecified atom stereocenters. The summed E-state index contributed by atoms with van der Waals surface area (Å²) < 4.78 is 5.17. The number of nitrogens with zero attached hydrogens (tertiary/aromatic N) is 1. The minimum Gasteiger partial charge on any atom is -0.380 e. The average Bonchev–Trinajstić information content (AvgIpc) is 3.26. The van der Waals surface area contributed by atoms with Gasteiger partial charge in [0.1, 0.15) is 0 Å².